The van der Waals surface area contributed by atoms with E-state index < -0.39 is 11.8 Å². The SMILES string of the molecule is COCCn1c(CN2Cc3cn(-c4ccnc(OCc5ccc(Cl)cc5F)n4)nc3C2)nc2ccc(C(=O)O)cc21. The van der Waals surface area contributed by atoms with Gasteiger partial charge in [0.15, 0.2) is 5.82 Å². The fourth-order valence-corrected chi connectivity index (χ4v) is 4.98. The van der Waals surface area contributed by atoms with Crippen LogP contribution in [-0.2, 0) is 37.5 Å². The molecule has 1 aliphatic rings. The number of aromatic nitrogens is 6. The Balaban J connectivity index is 1.15. The van der Waals surface area contributed by atoms with Gasteiger partial charge in [-0.05, 0) is 30.3 Å². The van der Waals surface area contributed by atoms with Gasteiger partial charge in [-0.3, -0.25) is 4.90 Å². The number of aromatic carboxylic acids is 1. The van der Waals surface area contributed by atoms with E-state index in [0.717, 1.165) is 28.1 Å². The molecule has 0 spiro atoms. The Morgan fingerprint density at radius 1 is 1.15 bits per heavy atom. The van der Waals surface area contributed by atoms with Gasteiger partial charge < -0.3 is 19.1 Å². The molecular weight excluding hydrogens is 553 g/mol. The van der Waals surface area contributed by atoms with Crippen LogP contribution in [0.1, 0.15) is 33.0 Å². The van der Waals surface area contributed by atoms with Gasteiger partial charge in [0.05, 0.1) is 35.4 Å². The van der Waals surface area contributed by atoms with Gasteiger partial charge in [0, 0.05) is 61.4 Å². The summed E-state index contributed by atoms with van der Waals surface area (Å²) in [5.74, 6) is -0.0796. The first kappa shape index (κ1) is 26.8. The van der Waals surface area contributed by atoms with Crippen LogP contribution in [0.3, 0.4) is 0 Å². The first-order chi connectivity index (χ1) is 19.9. The number of halogens is 2. The molecule has 210 valence electrons. The molecule has 0 radical (unpaired) electrons. The van der Waals surface area contributed by atoms with Gasteiger partial charge in [-0.15, -0.1) is 0 Å². The van der Waals surface area contributed by atoms with Crippen LogP contribution in [0.15, 0.2) is 54.9 Å². The van der Waals surface area contributed by atoms with E-state index in [-0.39, 0.29) is 18.2 Å². The summed E-state index contributed by atoms with van der Waals surface area (Å²) in [7, 11) is 1.63. The molecule has 0 fully saturated rings. The molecule has 3 aromatic heterocycles. The minimum atomic E-state index is -0.979. The largest absolute Gasteiger partial charge is 0.478 e. The number of hydrogen-bond acceptors (Lipinski definition) is 8. The Morgan fingerprint density at radius 2 is 2.02 bits per heavy atom. The summed E-state index contributed by atoms with van der Waals surface area (Å²) in [6, 6.07) is 11.2. The highest BCUT2D eigenvalue weighted by molar-refractivity contribution is 6.30. The quantitative estimate of drug-likeness (QED) is 0.260. The maximum atomic E-state index is 14.1. The molecule has 0 atom stereocenters. The zero-order valence-electron chi connectivity index (χ0n) is 22.0. The van der Waals surface area contributed by atoms with Gasteiger partial charge in [0.2, 0.25) is 0 Å². The Kier molecular flexibility index (Phi) is 7.35. The lowest BCUT2D eigenvalue weighted by Gasteiger charge is -2.16. The monoisotopic (exact) mass is 577 g/mol. The Labute approximate surface area is 238 Å². The summed E-state index contributed by atoms with van der Waals surface area (Å²) in [6.07, 6.45) is 3.49. The minimum Gasteiger partial charge on any atom is -0.478 e. The molecule has 0 bridgehead atoms. The molecule has 1 aliphatic heterocycles. The van der Waals surface area contributed by atoms with Crippen LogP contribution < -0.4 is 4.74 Å². The molecule has 0 unspecified atom stereocenters. The number of imidazole rings is 1. The lowest BCUT2D eigenvalue weighted by atomic mass is 10.2. The number of carbonyl (C=O) groups is 1. The number of hydrogen-bond donors (Lipinski definition) is 1. The summed E-state index contributed by atoms with van der Waals surface area (Å²) >= 11 is 5.82. The van der Waals surface area contributed by atoms with Crippen LogP contribution in [0.4, 0.5) is 4.39 Å². The molecule has 1 N–H and O–H groups in total. The summed E-state index contributed by atoms with van der Waals surface area (Å²) in [5, 5.41) is 14.5. The van der Waals surface area contributed by atoms with Crippen molar-refractivity contribution in [3.63, 3.8) is 0 Å². The third-order valence-electron chi connectivity index (χ3n) is 6.83. The van der Waals surface area contributed by atoms with Crippen molar-refractivity contribution in [2.75, 3.05) is 13.7 Å². The molecule has 2 aromatic carbocycles. The summed E-state index contributed by atoms with van der Waals surface area (Å²) in [4.78, 5) is 27.1. The fraction of sp³-hybridized carbons (Fsp3) is 0.250. The van der Waals surface area contributed by atoms with Crippen LogP contribution in [-0.4, -0.2) is 59.0 Å². The standard InChI is InChI=1S/C28H25ClFN7O4/c1-40-9-8-36-24-10-17(27(38)39)3-5-22(24)32-26(36)15-35-12-19-13-37(34-23(19)14-35)25-6-7-31-28(33-25)41-16-18-2-4-20(29)11-21(18)30/h2-7,10-11,13H,8-9,12,14-16H2,1H3,(H,38,39). The summed E-state index contributed by atoms with van der Waals surface area (Å²) < 4.78 is 28.7. The first-order valence-electron chi connectivity index (χ1n) is 12.8. The van der Waals surface area contributed by atoms with Crippen LogP contribution in [0, 0.1) is 5.82 Å². The molecule has 0 aliphatic carbocycles. The van der Waals surface area contributed by atoms with E-state index in [2.05, 4.69) is 14.9 Å². The zero-order valence-corrected chi connectivity index (χ0v) is 22.8. The third-order valence-corrected chi connectivity index (χ3v) is 7.06. The highest BCUT2D eigenvalue weighted by atomic mass is 35.5. The molecular formula is C28H25ClFN7O4. The molecule has 0 saturated carbocycles. The summed E-state index contributed by atoms with van der Waals surface area (Å²) in [5.41, 5.74) is 4.04. The lowest BCUT2D eigenvalue weighted by Crippen LogP contribution is -2.20. The van der Waals surface area contributed by atoms with E-state index >= 15 is 0 Å². The van der Waals surface area contributed by atoms with E-state index in [4.69, 9.17) is 31.2 Å². The second-order valence-electron chi connectivity index (χ2n) is 9.59. The van der Waals surface area contributed by atoms with Gasteiger partial charge in [-0.2, -0.15) is 10.1 Å². The number of nitrogens with zero attached hydrogens (tertiary/aromatic N) is 7. The third kappa shape index (κ3) is 5.62. The van der Waals surface area contributed by atoms with Crippen molar-refractivity contribution in [1.82, 2.24) is 34.2 Å². The van der Waals surface area contributed by atoms with Crippen molar-refractivity contribution in [3.05, 3.63) is 93.9 Å². The minimum absolute atomic E-state index is 0.0379. The molecule has 5 aromatic rings. The van der Waals surface area contributed by atoms with Gasteiger partial charge in [-0.25, -0.2) is 23.8 Å². The average Bonchev–Trinajstić information content (AvgIpc) is 3.62. The van der Waals surface area contributed by atoms with Crippen molar-refractivity contribution >= 4 is 28.6 Å². The van der Waals surface area contributed by atoms with E-state index in [0.29, 0.717) is 49.2 Å². The van der Waals surface area contributed by atoms with Crippen molar-refractivity contribution in [1.29, 1.82) is 0 Å². The number of methoxy groups -OCH3 is 1. The van der Waals surface area contributed by atoms with E-state index in [1.54, 1.807) is 54.4 Å². The molecule has 13 heteroatoms. The fourth-order valence-electron chi connectivity index (χ4n) is 4.82. The van der Waals surface area contributed by atoms with Crippen LogP contribution >= 0.6 is 11.6 Å². The first-order valence-corrected chi connectivity index (χ1v) is 13.2. The molecule has 41 heavy (non-hydrogen) atoms. The number of fused-ring (bicyclic) bond motifs is 2. The van der Waals surface area contributed by atoms with Crippen LogP contribution in [0.25, 0.3) is 16.9 Å². The van der Waals surface area contributed by atoms with Crippen molar-refractivity contribution in [3.8, 4) is 11.8 Å². The highest BCUT2D eigenvalue weighted by Gasteiger charge is 2.25. The van der Waals surface area contributed by atoms with Crippen molar-refractivity contribution in [2.45, 2.75) is 32.8 Å². The van der Waals surface area contributed by atoms with E-state index in [1.807, 2.05) is 10.8 Å². The maximum absolute atomic E-state index is 14.1. The van der Waals surface area contributed by atoms with Gasteiger partial charge >= 0.3 is 12.0 Å². The Hall–Kier alpha value is -4.39. The maximum Gasteiger partial charge on any atom is 0.335 e. The lowest BCUT2D eigenvalue weighted by molar-refractivity contribution is 0.0697. The smallest absolute Gasteiger partial charge is 0.335 e. The normalized spacial score (nSPS) is 13.1. The van der Waals surface area contributed by atoms with Gasteiger partial charge in [0.25, 0.3) is 0 Å². The topological polar surface area (TPSA) is 120 Å². The second kappa shape index (κ2) is 11.2. The van der Waals surface area contributed by atoms with Crippen LogP contribution in [0.2, 0.25) is 5.02 Å². The molecule has 0 amide bonds. The predicted octanol–water partition coefficient (Wildman–Crippen LogP) is 4.24. The zero-order chi connectivity index (χ0) is 28.5. The number of ether oxygens (including phenoxy) is 2. The Bertz CT molecular complexity index is 1730. The van der Waals surface area contributed by atoms with Crippen molar-refractivity contribution in [2.24, 2.45) is 0 Å². The second-order valence-corrected chi connectivity index (χ2v) is 10.0. The molecule has 4 heterocycles. The van der Waals surface area contributed by atoms with Gasteiger partial charge in [-0.1, -0.05) is 17.7 Å². The number of carboxylic acids is 1. The van der Waals surface area contributed by atoms with E-state index in [9.17, 15) is 14.3 Å². The predicted molar refractivity (Wildman–Crippen MR) is 146 cm³/mol. The highest BCUT2D eigenvalue weighted by Crippen LogP contribution is 2.26. The van der Waals surface area contributed by atoms with Crippen LogP contribution in [0.5, 0.6) is 6.01 Å². The number of benzene rings is 2. The average molecular weight is 578 g/mol. The number of rotatable bonds is 10. The number of carboxylic acid groups (broad SMARTS) is 1. The molecule has 0 saturated heterocycles. The Morgan fingerprint density at radius 3 is 2.80 bits per heavy atom. The van der Waals surface area contributed by atoms with E-state index in [1.165, 1.54) is 6.07 Å². The molecule has 11 nitrogen and oxygen atoms in total. The van der Waals surface area contributed by atoms with Crippen molar-refractivity contribution < 1.29 is 23.8 Å². The summed E-state index contributed by atoms with van der Waals surface area (Å²) in [6.45, 7) is 2.82. The van der Waals surface area contributed by atoms with Gasteiger partial charge in [0.1, 0.15) is 18.2 Å². The molecule has 6 rings (SSSR count).